The minimum atomic E-state index is -3.75. The van der Waals surface area contributed by atoms with E-state index < -0.39 is 9.84 Å². The number of rotatable bonds is 13. The Morgan fingerprint density at radius 3 is 2.12 bits per heavy atom. The predicted molar refractivity (Wildman–Crippen MR) is 213 cm³/mol. The molecule has 0 radical (unpaired) electrons. The fraction of sp³-hybridized carbons (Fsp3) is 0.535. The van der Waals surface area contributed by atoms with Crippen LogP contribution < -0.4 is 10.2 Å². The van der Waals surface area contributed by atoms with Gasteiger partial charge in [-0.2, -0.15) is 0 Å². The first-order valence-electron chi connectivity index (χ1n) is 19.9. The summed E-state index contributed by atoms with van der Waals surface area (Å²) in [6.45, 7) is 6.88. The van der Waals surface area contributed by atoms with Gasteiger partial charge in [0.15, 0.2) is 0 Å². The summed E-state index contributed by atoms with van der Waals surface area (Å²) in [6.07, 6.45) is 5.69. The summed E-state index contributed by atoms with van der Waals surface area (Å²) >= 11 is 0. The first-order chi connectivity index (χ1) is 26.9. The minimum absolute atomic E-state index is 0.0127. The van der Waals surface area contributed by atoms with E-state index in [4.69, 9.17) is 9.47 Å². The number of hydrogen-bond donors (Lipinski definition) is 1. The number of sulfone groups is 1. The van der Waals surface area contributed by atoms with Gasteiger partial charge in [0.25, 0.3) is 5.91 Å². The number of carbonyl (C=O) groups is 2. The van der Waals surface area contributed by atoms with Crippen molar-refractivity contribution in [1.82, 2.24) is 20.0 Å². The average molecular weight is 790 g/mol. The van der Waals surface area contributed by atoms with Crippen LogP contribution in [0.15, 0.2) is 82.6 Å². The molecule has 56 heavy (non-hydrogen) atoms. The first kappa shape index (κ1) is 40.2. The van der Waals surface area contributed by atoms with Gasteiger partial charge in [-0.25, -0.2) is 17.6 Å². The molecular weight excluding hydrogens is 734 g/mol. The summed E-state index contributed by atoms with van der Waals surface area (Å²) < 4.78 is 53.2. The zero-order chi connectivity index (χ0) is 39.7. The van der Waals surface area contributed by atoms with Gasteiger partial charge in [0, 0.05) is 57.0 Å². The van der Waals surface area contributed by atoms with Gasteiger partial charge >= 0.3 is 6.09 Å². The van der Waals surface area contributed by atoms with Crippen molar-refractivity contribution in [1.29, 1.82) is 0 Å². The van der Waals surface area contributed by atoms with E-state index in [0.29, 0.717) is 24.6 Å². The number of piperidine rings is 1. The Balaban J connectivity index is 1.04. The van der Waals surface area contributed by atoms with Crippen LogP contribution in [0.2, 0.25) is 0 Å². The molecule has 1 N–H and O–H groups in total. The van der Waals surface area contributed by atoms with E-state index in [9.17, 15) is 18.0 Å². The highest BCUT2D eigenvalue weighted by atomic mass is 32.2. The number of nitrogens with one attached hydrogen (secondary N) is 1. The molecule has 1 saturated carbocycles. The van der Waals surface area contributed by atoms with Crippen molar-refractivity contribution in [2.24, 2.45) is 11.8 Å². The third kappa shape index (κ3) is 7.67. The van der Waals surface area contributed by atoms with E-state index in [1.807, 2.05) is 25.2 Å². The molecule has 3 saturated heterocycles. The lowest BCUT2D eigenvalue weighted by molar-refractivity contribution is -0.0663. The summed E-state index contributed by atoms with van der Waals surface area (Å²) in [6, 6.07) is 20.2. The Hall–Kier alpha value is -4.04. The number of methoxy groups -OCH3 is 2. The zero-order valence-electron chi connectivity index (χ0n) is 33.1. The number of amides is 2. The van der Waals surface area contributed by atoms with Gasteiger partial charge in [-0.1, -0.05) is 18.6 Å². The summed E-state index contributed by atoms with van der Waals surface area (Å²) in [4.78, 5) is 34.2. The van der Waals surface area contributed by atoms with Crippen LogP contribution in [-0.4, -0.2) is 127 Å². The molecule has 0 bridgehead atoms. The topological polar surface area (TPSA) is 112 Å². The Labute approximate surface area is 331 Å². The van der Waals surface area contributed by atoms with E-state index in [-0.39, 0.29) is 50.6 Å². The number of benzene rings is 3. The summed E-state index contributed by atoms with van der Waals surface area (Å²) in [5.41, 5.74) is 1.70. The summed E-state index contributed by atoms with van der Waals surface area (Å²) in [5, 5.41) is 2.54. The van der Waals surface area contributed by atoms with E-state index in [1.54, 1.807) is 30.2 Å². The largest absolute Gasteiger partial charge is 0.453 e. The molecule has 3 aromatic rings. The Morgan fingerprint density at radius 2 is 1.55 bits per heavy atom. The van der Waals surface area contributed by atoms with Crippen LogP contribution in [0.3, 0.4) is 0 Å². The molecule has 4 fully saturated rings. The maximum Gasteiger partial charge on any atom is 0.409 e. The van der Waals surface area contributed by atoms with Crippen molar-refractivity contribution in [3.8, 4) is 0 Å². The summed E-state index contributed by atoms with van der Waals surface area (Å²) in [5.74, 6) is -0.0144. The molecule has 1 unspecified atom stereocenters. The fourth-order valence-electron chi connectivity index (χ4n) is 10.1. The molecule has 4 aliphatic rings. The first-order valence-corrected chi connectivity index (χ1v) is 21.4. The van der Waals surface area contributed by atoms with Gasteiger partial charge in [-0.15, -0.1) is 0 Å². The van der Waals surface area contributed by atoms with Crippen LogP contribution in [0.25, 0.3) is 0 Å². The fourth-order valence-corrected chi connectivity index (χ4v) is 11.4. The third-order valence-electron chi connectivity index (χ3n) is 13.3. The molecule has 2 amide bonds. The van der Waals surface area contributed by atoms with Gasteiger partial charge in [-0.05, 0) is 136 Å². The van der Waals surface area contributed by atoms with Crippen LogP contribution in [0.5, 0.6) is 0 Å². The highest BCUT2D eigenvalue weighted by Crippen LogP contribution is 2.52. The van der Waals surface area contributed by atoms with Gasteiger partial charge in [0.2, 0.25) is 9.84 Å². The number of halogens is 1. The number of ether oxygens (including phenoxy) is 2. The van der Waals surface area contributed by atoms with Gasteiger partial charge in [-0.3, -0.25) is 4.79 Å². The Bertz CT molecular complexity index is 1960. The monoisotopic (exact) mass is 789 g/mol. The molecule has 0 spiro atoms. The molecule has 1 aliphatic carbocycles. The van der Waals surface area contributed by atoms with Crippen molar-refractivity contribution < 1.29 is 31.9 Å². The highest BCUT2D eigenvalue weighted by Gasteiger charge is 2.54. The molecular formula is C43H56FN5O6S. The van der Waals surface area contributed by atoms with Crippen molar-refractivity contribution in [2.45, 2.75) is 65.4 Å². The maximum absolute atomic E-state index is 15.1. The van der Waals surface area contributed by atoms with Crippen LogP contribution >= 0.6 is 0 Å². The molecule has 3 heterocycles. The second-order valence-electron chi connectivity index (χ2n) is 16.3. The lowest BCUT2D eigenvalue weighted by Crippen LogP contribution is -2.68. The Kier molecular flexibility index (Phi) is 11.8. The van der Waals surface area contributed by atoms with Gasteiger partial charge < -0.3 is 34.4 Å². The molecule has 3 aliphatic heterocycles. The van der Waals surface area contributed by atoms with Crippen LogP contribution in [0.4, 0.5) is 14.9 Å². The van der Waals surface area contributed by atoms with Crippen LogP contribution in [0, 0.1) is 17.7 Å². The van der Waals surface area contributed by atoms with Crippen molar-refractivity contribution in [3.05, 3.63) is 89.7 Å². The normalized spacial score (nSPS) is 22.8. The van der Waals surface area contributed by atoms with Crippen molar-refractivity contribution >= 4 is 27.5 Å². The average Bonchev–Trinajstić information content (AvgIpc) is 3.69. The zero-order valence-corrected chi connectivity index (χ0v) is 33.9. The molecule has 13 heteroatoms. The number of hydrogen-bond acceptors (Lipinski definition) is 9. The molecule has 302 valence electrons. The van der Waals surface area contributed by atoms with Crippen LogP contribution in [-0.2, 0) is 24.7 Å². The van der Waals surface area contributed by atoms with Gasteiger partial charge in [0.1, 0.15) is 11.4 Å². The number of carbonyl (C=O) groups excluding carboxylic acids is 2. The van der Waals surface area contributed by atoms with E-state index >= 15 is 4.39 Å². The molecule has 11 nitrogen and oxygen atoms in total. The molecule has 3 aromatic carbocycles. The van der Waals surface area contributed by atoms with Gasteiger partial charge in [0.05, 0.1) is 30.0 Å². The van der Waals surface area contributed by atoms with Crippen molar-refractivity contribution in [2.75, 3.05) is 85.6 Å². The quantitative estimate of drug-likeness (QED) is 0.242. The molecule has 7 rings (SSSR count). The SMILES string of the molecule is CNC(=O)c1ccc(S(=O)(=O)c2ccc(N3CC(CN4CCC(C(CN5CCC5)(c5cccc(F)c5)[C@H]5CCC[C@@H]5N(C)C(=O)OC)CC4)(OC)C3)cc2)cc1. The lowest BCUT2D eigenvalue weighted by Gasteiger charge is -2.56. The predicted octanol–water partition coefficient (Wildman–Crippen LogP) is 5.45. The Morgan fingerprint density at radius 1 is 0.893 bits per heavy atom. The number of nitrogens with zero attached hydrogens (tertiary/aromatic N) is 4. The second-order valence-corrected chi connectivity index (χ2v) is 18.2. The van der Waals surface area contributed by atoms with E-state index in [2.05, 4.69) is 26.1 Å². The van der Waals surface area contributed by atoms with Crippen LogP contribution in [0.1, 0.15) is 54.4 Å². The number of likely N-dealkylation sites (tertiary alicyclic amines) is 2. The molecule has 3 atom stereocenters. The number of anilines is 1. The van der Waals surface area contributed by atoms with Crippen molar-refractivity contribution in [3.63, 3.8) is 0 Å². The molecule has 0 aromatic heterocycles. The maximum atomic E-state index is 15.1. The smallest absolute Gasteiger partial charge is 0.409 e. The third-order valence-corrected chi connectivity index (χ3v) is 15.1. The summed E-state index contributed by atoms with van der Waals surface area (Å²) in [7, 11) is 2.85. The second kappa shape index (κ2) is 16.4. The standard InChI is InChI=1S/C43H56FN5O6S/c1-45-40(50)31-12-16-36(17-13-31)56(52,53)37-18-14-35(15-19-37)49-28-42(29-49,55-4)27-48-24-20-32(21-25-48)43(30-47-22-7-23-47,33-8-5-9-34(44)26-33)38-10-6-11-39(38)46(2)41(51)54-3/h5,8-9,12-19,26,32,38-39H,6-7,10-11,20-25,27-30H2,1-4H3,(H,45,50)/t38-,39-,43?/m0/s1. The minimum Gasteiger partial charge on any atom is -0.453 e. The highest BCUT2D eigenvalue weighted by molar-refractivity contribution is 7.91. The lowest BCUT2D eigenvalue weighted by atomic mass is 9.57. The van der Waals surface area contributed by atoms with E-state index in [1.165, 1.54) is 50.9 Å². The van der Waals surface area contributed by atoms with E-state index in [0.717, 1.165) is 82.6 Å².